The monoisotopic (exact) mass is 654 g/mol. The third-order valence-electron chi connectivity index (χ3n) is 7.88. The van der Waals surface area contributed by atoms with Crippen LogP contribution >= 0.6 is 11.3 Å². The molecule has 5 rings (SSSR count). The molecule has 1 saturated heterocycles. The number of ether oxygens (including phenoxy) is 1. The van der Waals surface area contributed by atoms with E-state index in [-0.39, 0.29) is 42.2 Å². The highest BCUT2D eigenvalue weighted by atomic mass is 32.1. The Kier molecular flexibility index (Phi) is 9.81. The fourth-order valence-corrected chi connectivity index (χ4v) is 5.99. The molecule has 0 bridgehead atoms. The third kappa shape index (κ3) is 8.62. The summed E-state index contributed by atoms with van der Waals surface area (Å²) in [5.74, 6) is -0.733. The molecular formula is C37H42N4O5S. The summed E-state index contributed by atoms with van der Waals surface area (Å²) >= 11 is 1.41. The summed E-state index contributed by atoms with van der Waals surface area (Å²) in [6.45, 7) is 13.6. The van der Waals surface area contributed by atoms with Gasteiger partial charge < -0.3 is 20.1 Å². The Bertz CT molecular complexity index is 1710. The standard InChI is InChI=1S/C37H42N4O5S/c1-36(2,3)22-46-28-13-11-24(12-14-28)26-18-38-32(39-19-26)25-9-7-23(8-10-25)17-29(34(43)41-20-27(21-41)35(44)45)40-33(42)30-15-16-31(47-30)37(4,5)6/h7-16,18-19,27,29H,17,20-22H2,1-6H3,(H,40,42)(H,44,45)/t29-/m0/s1. The molecule has 1 fully saturated rings. The van der Waals surface area contributed by atoms with Gasteiger partial charge in [0.05, 0.1) is 17.4 Å². The van der Waals surface area contributed by atoms with Gasteiger partial charge in [0.2, 0.25) is 5.91 Å². The van der Waals surface area contributed by atoms with Gasteiger partial charge in [-0.2, -0.15) is 0 Å². The van der Waals surface area contributed by atoms with Crippen molar-refractivity contribution >= 4 is 29.1 Å². The highest BCUT2D eigenvalue weighted by molar-refractivity contribution is 7.14. The molecule has 0 radical (unpaired) electrons. The highest BCUT2D eigenvalue weighted by Crippen LogP contribution is 2.30. The minimum absolute atomic E-state index is 0.0816. The van der Waals surface area contributed by atoms with E-state index in [0.717, 1.165) is 32.9 Å². The first-order valence-corrected chi connectivity index (χ1v) is 16.6. The number of nitrogens with one attached hydrogen (secondary N) is 1. The number of carbonyl (C=O) groups excluding carboxylic acids is 2. The zero-order valence-corrected chi connectivity index (χ0v) is 28.6. The number of aliphatic carboxylic acids is 1. The van der Waals surface area contributed by atoms with E-state index in [1.165, 1.54) is 16.2 Å². The summed E-state index contributed by atoms with van der Waals surface area (Å²) in [4.78, 5) is 50.3. The van der Waals surface area contributed by atoms with E-state index in [4.69, 9.17) is 4.74 Å². The number of thiophene rings is 1. The lowest BCUT2D eigenvalue weighted by atomic mass is 9.95. The van der Waals surface area contributed by atoms with Crippen LogP contribution in [0.5, 0.6) is 5.75 Å². The maximum atomic E-state index is 13.5. The van der Waals surface area contributed by atoms with Crippen LogP contribution in [0.3, 0.4) is 0 Å². The lowest BCUT2D eigenvalue weighted by molar-refractivity contribution is -0.153. The van der Waals surface area contributed by atoms with Gasteiger partial charge in [0.1, 0.15) is 11.8 Å². The van der Waals surface area contributed by atoms with Crippen LogP contribution in [0.2, 0.25) is 0 Å². The molecule has 47 heavy (non-hydrogen) atoms. The zero-order chi connectivity index (χ0) is 33.9. The van der Waals surface area contributed by atoms with Crippen LogP contribution < -0.4 is 10.1 Å². The number of likely N-dealkylation sites (tertiary alicyclic amines) is 1. The van der Waals surface area contributed by atoms with Gasteiger partial charge in [-0.15, -0.1) is 11.3 Å². The van der Waals surface area contributed by atoms with Crippen molar-refractivity contribution in [1.29, 1.82) is 0 Å². The van der Waals surface area contributed by atoms with Crippen molar-refractivity contribution in [1.82, 2.24) is 20.2 Å². The summed E-state index contributed by atoms with van der Waals surface area (Å²) in [5, 5.41) is 12.2. The topological polar surface area (TPSA) is 122 Å². The molecule has 1 atom stereocenters. The smallest absolute Gasteiger partial charge is 0.310 e. The minimum Gasteiger partial charge on any atom is -0.493 e. The van der Waals surface area contributed by atoms with Gasteiger partial charge in [0, 0.05) is 47.9 Å². The number of aromatic nitrogens is 2. The highest BCUT2D eigenvalue weighted by Gasteiger charge is 2.39. The largest absolute Gasteiger partial charge is 0.493 e. The van der Waals surface area contributed by atoms with E-state index in [9.17, 15) is 19.5 Å². The Morgan fingerprint density at radius 3 is 2.06 bits per heavy atom. The normalized spacial score (nSPS) is 14.3. The average molecular weight is 655 g/mol. The summed E-state index contributed by atoms with van der Waals surface area (Å²) in [5.41, 5.74) is 3.52. The fraction of sp³-hybridized carbons (Fsp3) is 0.378. The predicted molar refractivity (Wildman–Crippen MR) is 184 cm³/mol. The van der Waals surface area contributed by atoms with E-state index < -0.39 is 17.9 Å². The molecule has 10 heteroatoms. The molecule has 3 heterocycles. The van der Waals surface area contributed by atoms with Crippen LogP contribution in [0.15, 0.2) is 73.1 Å². The van der Waals surface area contributed by atoms with Crippen molar-refractivity contribution < 1.29 is 24.2 Å². The van der Waals surface area contributed by atoms with Gasteiger partial charge in [0.25, 0.3) is 5.91 Å². The molecule has 1 aliphatic rings. The van der Waals surface area contributed by atoms with E-state index in [1.807, 2.05) is 54.6 Å². The molecule has 4 aromatic rings. The van der Waals surface area contributed by atoms with Crippen molar-refractivity contribution in [3.8, 4) is 28.3 Å². The Balaban J connectivity index is 1.26. The van der Waals surface area contributed by atoms with Crippen LogP contribution in [0, 0.1) is 11.3 Å². The van der Waals surface area contributed by atoms with E-state index in [0.29, 0.717) is 17.3 Å². The van der Waals surface area contributed by atoms with Crippen LogP contribution in [0.4, 0.5) is 0 Å². The first-order chi connectivity index (χ1) is 22.2. The molecule has 2 aromatic carbocycles. The Morgan fingerprint density at radius 1 is 0.894 bits per heavy atom. The maximum Gasteiger partial charge on any atom is 0.310 e. The number of carbonyl (C=O) groups is 3. The molecule has 2 N–H and O–H groups in total. The number of carboxylic acids is 1. The SMILES string of the molecule is CC(C)(C)COc1ccc(-c2cnc(-c3ccc(C[C@H](NC(=O)c4ccc(C(C)(C)C)s4)C(=O)N4CC(C(=O)O)C4)cc3)nc2)cc1. The van der Waals surface area contributed by atoms with Crippen LogP contribution in [0.1, 0.15) is 61.7 Å². The number of benzene rings is 2. The van der Waals surface area contributed by atoms with Crippen LogP contribution in [-0.2, 0) is 21.4 Å². The van der Waals surface area contributed by atoms with Gasteiger partial charge in [-0.3, -0.25) is 14.4 Å². The summed E-state index contributed by atoms with van der Waals surface area (Å²) in [6, 6.07) is 18.3. The zero-order valence-electron chi connectivity index (χ0n) is 27.7. The van der Waals surface area contributed by atoms with Crippen molar-refractivity contribution in [3.63, 3.8) is 0 Å². The molecule has 0 aliphatic carbocycles. The van der Waals surface area contributed by atoms with Gasteiger partial charge in [0.15, 0.2) is 5.82 Å². The molecule has 246 valence electrons. The van der Waals surface area contributed by atoms with Gasteiger partial charge >= 0.3 is 5.97 Å². The first-order valence-electron chi connectivity index (χ1n) is 15.7. The summed E-state index contributed by atoms with van der Waals surface area (Å²) in [7, 11) is 0. The van der Waals surface area contributed by atoms with Crippen molar-refractivity contribution in [2.45, 2.75) is 59.4 Å². The number of rotatable bonds is 10. The molecule has 0 saturated carbocycles. The molecule has 0 spiro atoms. The third-order valence-corrected chi connectivity index (χ3v) is 9.39. The maximum absolute atomic E-state index is 13.5. The van der Waals surface area contributed by atoms with Crippen LogP contribution in [0.25, 0.3) is 22.5 Å². The predicted octanol–water partition coefficient (Wildman–Crippen LogP) is 6.48. The molecule has 0 unspecified atom stereocenters. The van der Waals surface area contributed by atoms with Gasteiger partial charge in [-0.1, -0.05) is 77.9 Å². The van der Waals surface area contributed by atoms with Crippen molar-refractivity contribution in [2.75, 3.05) is 19.7 Å². The van der Waals surface area contributed by atoms with Gasteiger partial charge in [-0.25, -0.2) is 9.97 Å². The lowest BCUT2D eigenvalue weighted by Crippen LogP contribution is -2.59. The number of hydrogen-bond donors (Lipinski definition) is 2. The fourth-order valence-electron chi connectivity index (χ4n) is 5.02. The Morgan fingerprint density at radius 2 is 1.51 bits per heavy atom. The second-order valence-corrected chi connectivity index (χ2v) is 15.4. The summed E-state index contributed by atoms with van der Waals surface area (Å²) in [6.07, 6.45) is 3.84. The van der Waals surface area contributed by atoms with Crippen LogP contribution in [-0.4, -0.2) is 63.5 Å². The summed E-state index contributed by atoms with van der Waals surface area (Å²) < 4.78 is 5.87. The van der Waals surface area contributed by atoms with Gasteiger partial charge in [-0.05, 0) is 46.2 Å². The molecule has 9 nitrogen and oxygen atoms in total. The second kappa shape index (κ2) is 13.7. The lowest BCUT2D eigenvalue weighted by Gasteiger charge is -2.38. The van der Waals surface area contributed by atoms with Crippen molar-refractivity contribution in [2.24, 2.45) is 11.3 Å². The van der Waals surface area contributed by atoms with Crippen molar-refractivity contribution in [3.05, 3.63) is 88.4 Å². The number of amides is 2. The number of nitrogens with zero attached hydrogens (tertiary/aromatic N) is 3. The second-order valence-electron chi connectivity index (χ2n) is 14.3. The van der Waals surface area contributed by atoms with E-state index >= 15 is 0 Å². The molecule has 2 amide bonds. The Labute approximate surface area is 280 Å². The minimum atomic E-state index is -0.923. The number of carboxylic acid groups (broad SMARTS) is 1. The Hall–Kier alpha value is -4.57. The first kappa shape index (κ1) is 33.8. The molecule has 1 aliphatic heterocycles. The molecular weight excluding hydrogens is 612 g/mol. The number of hydrogen-bond acceptors (Lipinski definition) is 7. The van der Waals surface area contributed by atoms with E-state index in [1.54, 1.807) is 18.5 Å². The molecule has 2 aromatic heterocycles. The van der Waals surface area contributed by atoms with E-state index in [2.05, 4.69) is 56.8 Å². The average Bonchev–Trinajstić information content (AvgIpc) is 3.51. The quantitative estimate of drug-likeness (QED) is 0.201.